The lowest BCUT2D eigenvalue weighted by molar-refractivity contribution is -0.132. The number of para-hydroxylation sites is 1. The van der Waals surface area contributed by atoms with Gasteiger partial charge >= 0.3 is 5.69 Å². The van der Waals surface area contributed by atoms with Crippen molar-refractivity contribution in [1.82, 2.24) is 29.2 Å². The van der Waals surface area contributed by atoms with Gasteiger partial charge < -0.3 is 9.88 Å². The van der Waals surface area contributed by atoms with E-state index in [1.165, 1.54) is 4.68 Å². The number of imidazole rings is 1. The van der Waals surface area contributed by atoms with Gasteiger partial charge in [0.25, 0.3) is 0 Å². The summed E-state index contributed by atoms with van der Waals surface area (Å²) in [5.74, 6) is 1.10. The van der Waals surface area contributed by atoms with Crippen molar-refractivity contribution >= 4 is 5.91 Å². The van der Waals surface area contributed by atoms with E-state index in [2.05, 4.69) is 15.1 Å². The second-order valence-electron chi connectivity index (χ2n) is 7.17. The highest BCUT2D eigenvalue weighted by atomic mass is 16.2. The van der Waals surface area contributed by atoms with Crippen molar-refractivity contribution in [1.29, 1.82) is 0 Å². The zero-order chi connectivity index (χ0) is 19.5. The highest BCUT2D eigenvalue weighted by Crippen LogP contribution is 2.28. The maximum atomic E-state index is 12.6. The molecule has 3 aromatic rings. The van der Waals surface area contributed by atoms with Crippen LogP contribution in [-0.4, -0.2) is 48.2 Å². The van der Waals surface area contributed by atoms with Crippen molar-refractivity contribution in [3.8, 4) is 5.69 Å². The number of hydrogen-bond acceptors (Lipinski definition) is 4. The minimum Gasteiger partial charge on any atom is -0.348 e. The van der Waals surface area contributed by atoms with E-state index in [0.29, 0.717) is 25.9 Å². The number of carbonyl (C=O) groups excluding carboxylic acids is 1. The Morgan fingerprint density at radius 1 is 1.21 bits per heavy atom. The van der Waals surface area contributed by atoms with Crippen molar-refractivity contribution in [2.45, 2.75) is 31.6 Å². The molecule has 0 spiro atoms. The van der Waals surface area contributed by atoms with Crippen LogP contribution in [-0.2, 0) is 18.3 Å². The predicted molar refractivity (Wildman–Crippen MR) is 104 cm³/mol. The first kappa shape index (κ1) is 18.2. The summed E-state index contributed by atoms with van der Waals surface area (Å²) in [4.78, 5) is 34.0. The number of aromatic amines is 1. The Balaban J connectivity index is 1.44. The van der Waals surface area contributed by atoms with Crippen LogP contribution >= 0.6 is 0 Å². The smallest absolute Gasteiger partial charge is 0.348 e. The summed E-state index contributed by atoms with van der Waals surface area (Å²) in [5.41, 5.74) is 1.66. The van der Waals surface area contributed by atoms with Crippen molar-refractivity contribution in [3.63, 3.8) is 0 Å². The van der Waals surface area contributed by atoms with Gasteiger partial charge in [0, 0.05) is 44.4 Å². The lowest BCUT2D eigenvalue weighted by Gasteiger charge is -2.31. The zero-order valence-electron chi connectivity index (χ0n) is 15.9. The van der Waals surface area contributed by atoms with Gasteiger partial charge in [0.1, 0.15) is 5.82 Å². The summed E-state index contributed by atoms with van der Waals surface area (Å²) in [5, 5.41) is 4.50. The standard InChI is InChI=1S/C20H24N6O2/c1-24-20(28)26(17-5-3-2-4-6-17)19(23-24)15-9-11-25(12-10-15)18(27)8-7-16-13-21-14-22-16/h2-6,13-15H,7-12H2,1H3,(H,21,22). The van der Waals surface area contributed by atoms with Gasteiger partial charge in [-0.05, 0) is 31.4 Å². The number of nitrogens with zero attached hydrogens (tertiary/aromatic N) is 5. The minimum absolute atomic E-state index is 0.140. The average molecular weight is 380 g/mol. The van der Waals surface area contributed by atoms with Crippen LogP contribution in [0.25, 0.3) is 5.69 Å². The van der Waals surface area contributed by atoms with Gasteiger partial charge in [0.2, 0.25) is 5.91 Å². The molecule has 28 heavy (non-hydrogen) atoms. The van der Waals surface area contributed by atoms with Crippen LogP contribution in [0.2, 0.25) is 0 Å². The number of likely N-dealkylation sites (tertiary alicyclic amines) is 1. The maximum Gasteiger partial charge on any atom is 0.350 e. The zero-order valence-corrected chi connectivity index (χ0v) is 15.9. The first-order valence-corrected chi connectivity index (χ1v) is 9.60. The van der Waals surface area contributed by atoms with Gasteiger partial charge in [0.05, 0.1) is 12.0 Å². The molecule has 1 aromatic carbocycles. The third-order valence-electron chi connectivity index (χ3n) is 5.34. The molecule has 4 rings (SSSR count). The van der Waals surface area contributed by atoms with Crippen LogP contribution in [0.5, 0.6) is 0 Å². The number of amides is 1. The lowest BCUT2D eigenvalue weighted by Crippen LogP contribution is -2.38. The summed E-state index contributed by atoms with van der Waals surface area (Å²) < 4.78 is 3.09. The third kappa shape index (κ3) is 3.62. The molecular weight excluding hydrogens is 356 g/mol. The Kier molecular flexibility index (Phi) is 5.10. The summed E-state index contributed by atoms with van der Waals surface area (Å²) in [6.45, 7) is 1.37. The average Bonchev–Trinajstić information content (AvgIpc) is 3.35. The minimum atomic E-state index is -0.140. The largest absolute Gasteiger partial charge is 0.350 e. The molecule has 8 nitrogen and oxygen atoms in total. The van der Waals surface area contributed by atoms with E-state index in [0.717, 1.165) is 30.0 Å². The molecule has 146 valence electrons. The van der Waals surface area contributed by atoms with Crippen molar-refractivity contribution in [3.05, 3.63) is 64.9 Å². The van der Waals surface area contributed by atoms with Crippen LogP contribution < -0.4 is 5.69 Å². The molecule has 0 saturated carbocycles. The van der Waals surface area contributed by atoms with E-state index < -0.39 is 0 Å². The van der Waals surface area contributed by atoms with E-state index in [1.54, 1.807) is 24.1 Å². The number of hydrogen-bond donors (Lipinski definition) is 1. The fourth-order valence-corrected chi connectivity index (χ4v) is 3.78. The van der Waals surface area contributed by atoms with Crippen molar-refractivity contribution < 1.29 is 4.79 Å². The topological polar surface area (TPSA) is 88.8 Å². The number of aryl methyl sites for hydroxylation is 2. The van der Waals surface area contributed by atoms with E-state index in [1.807, 2.05) is 35.2 Å². The Bertz CT molecular complexity index is 982. The number of aromatic nitrogens is 5. The molecule has 1 aliphatic heterocycles. The Labute approximate surface area is 162 Å². The van der Waals surface area contributed by atoms with Crippen LogP contribution in [0.3, 0.4) is 0 Å². The van der Waals surface area contributed by atoms with Gasteiger partial charge in [-0.2, -0.15) is 5.10 Å². The summed E-state index contributed by atoms with van der Waals surface area (Å²) in [7, 11) is 1.68. The van der Waals surface area contributed by atoms with Crippen LogP contribution in [0.1, 0.15) is 36.7 Å². The number of carbonyl (C=O) groups is 1. The second kappa shape index (κ2) is 7.84. The normalized spacial score (nSPS) is 15.1. The number of H-pyrrole nitrogens is 1. The number of nitrogens with one attached hydrogen (secondary N) is 1. The Morgan fingerprint density at radius 2 is 1.96 bits per heavy atom. The van der Waals surface area contributed by atoms with Gasteiger partial charge in [-0.15, -0.1) is 0 Å². The van der Waals surface area contributed by atoms with E-state index in [-0.39, 0.29) is 17.5 Å². The third-order valence-corrected chi connectivity index (χ3v) is 5.34. The molecule has 0 atom stereocenters. The lowest BCUT2D eigenvalue weighted by atomic mass is 9.95. The first-order chi connectivity index (χ1) is 13.6. The summed E-state index contributed by atoms with van der Waals surface area (Å²) in [6.07, 6.45) is 6.14. The molecule has 2 aromatic heterocycles. The molecule has 8 heteroatoms. The monoisotopic (exact) mass is 380 g/mol. The predicted octanol–water partition coefficient (Wildman–Crippen LogP) is 1.63. The second-order valence-corrected chi connectivity index (χ2v) is 7.17. The molecule has 1 aliphatic rings. The number of rotatable bonds is 5. The molecule has 1 amide bonds. The Morgan fingerprint density at radius 3 is 2.64 bits per heavy atom. The van der Waals surface area contributed by atoms with Gasteiger partial charge in [0.15, 0.2) is 0 Å². The molecule has 0 unspecified atom stereocenters. The maximum absolute atomic E-state index is 12.6. The van der Waals surface area contributed by atoms with Crippen molar-refractivity contribution in [2.75, 3.05) is 13.1 Å². The molecule has 1 saturated heterocycles. The van der Waals surface area contributed by atoms with E-state index >= 15 is 0 Å². The van der Waals surface area contributed by atoms with E-state index in [9.17, 15) is 9.59 Å². The summed E-state index contributed by atoms with van der Waals surface area (Å²) in [6, 6.07) is 9.60. The molecule has 1 N–H and O–H groups in total. The molecule has 0 bridgehead atoms. The molecule has 3 heterocycles. The van der Waals surface area contributed by atoms with E-state index in [4.69, 9.17) is 0 Å². The van der Waals surface area contributed by atoms with Crippen LogP contribution in [0.4, 0.5) is 0 Å². The number of piperidine rings is 1. The molecule has 0 aliphatic carbocycles. The van der Waals surface area contributed by atoms with Gasteiger partial charge in [-0.25, -0.2) is 19.0 Å². The molecular formula is C20H24N6O2. The fraction of sp³-hybridized carbons (Fsp3) is 0.400. The van der Waals surface area contributed by atoms with Crippen LogP contribution in [0.15, 0.2) is 47.7 Å². The van der Waals surface area contributed by atoms with Gasteiger partial charge in [-0.3, -0.25) is 4.79 Å². The first-order valence-electron chi connectivity index (χ1n) is 9.60. The number of benzene rings is 1. The fourth-order valence-electron chi connectivity index (χ4n) is 3.78. The SMILES string of the molecule is Cn1nc(C2CCN(C(=O)CCc3cnc[nH]3)CC2)n(-c2ccccc2)c1=O. The molecule has 0 radical (unpaired) electrons. The highest BCUT2D eigenvalue weighted by Gasteiger charge is 2.28. The van der Waals surface area contributed by atoms with Gasteiger partial charge in [-0.1, -0.05) is 18.2 Å². The molecule has 1 fully saturated rings. The Hall–Kier alpha value is -3.16. The van der Waals surface area contributed by atoms with Crippen LogP contribution in [0, 0.1) is 0 Å². The summed E-state index contributed by atoms with van der Waals surface area (Å²) >= 11 is 0. The quantitative estimate of drug-likeness (QED) is 0.729. The van der Waals surface area contributed by atoms with Crippen molar-refractivity contribution in [2.24, 2.45) is 7.05 Å². The highest BCUT2D eigenvalue weighted by molar-refractivity contribution is 5.76.